The van der Waals surface area contributed by atoms with Crippen molar-refractivity contribution in [2.24, 2.45) is 0 Å². The van der Waals surface area contributed by atoms with Gasteiger partial charge in [-0.2, -0.15) is 0 Å². The van der Waals surface area contributed by atoms with E-state index in [1.54, 1.807) is 0 Å². The number of para-hydroxylation sites is 2. The Morgan fingerprint density at radius 3 is 2.09 bits per heavy atom. The van der Waals surface area contributed by atoms with Crippen molar-refractivity contribution in [3.05, 3.63) is 103 Å². The van der Waals surface area contributed by atoms with Gasteiger partial charge >= 0.3 is 0 Å². The summed E-state index contributed by atoms with van der Waals surface area (Å²) in [7, 11) is 0. The van der Waals surface area contributed by atoms with Crippen LogP contribution in [0.15, 0.2) is 103 Å². The van der Waals surface area contributed by atoms with Crippen LogP contribution in [0.4, 0.5) is 0 Å². The molecule has 0 aliphatic carbocycles. The van der Waals surface area contributed by atoms with Gasteiger partial charge in [0.2, 0.25) is 0 Å². The number of benzene rings is 5. The molecule has 0 saturated heterocycles. The highest BCUT2D eigenvalue weighted by Gasteiger charge is 2.41. The van der Waals surface area contributed by atoms with Crippen molar-refractivity contribution in [2.75, 3.05) is 0 Å². The van der Waals surface area contributed by atoms with Gasteiger partial charge in [-0.1, -0.05) is 66.7 Å². The van der Waals surface area contributed by atoms with Crippen LogP contribution in [0.25, 0.3) is 31.3 Å². The Labute approximate surface area is 201 Å². The van der Waals surface area contributed by atoms with E-state index in [1.807, 2.05) is 23.5 Å². The molecule has 6 aromatic rings. The Bertz CT molecular complexity index is 1770. The molecule has 0 spiro atoms. The lowest BCUT2D eigenvalue weighted by Gasteiger charge is -2.34. The third-order valence-corrected chi connectivity index (χ3v) is 8.17. The van der Waals surface area contributed by atoms with E-state index in [9.17, 15) is 0 Å². The third-order valence-electron chi connectivity index (χ3n) is 7.03. The van der Waals surface area contributed by atoms with E-state index in [0.717, 1.165) is 34.0 Å². The molecule has 0 saturated carbocycles. The zero-order valence-corrected chi connectivity index (χ0v) is 18.9. The lowest BCUT2D eigenvalue weighted by Crippen LogP contribution is -2.57. The summed E-state index contributed by atoms with van der Waals surface area (Å²) in [5, 5.41) is 2.58. The summed E-state index contributed by atoms with van der Waals surface area (Å²) in [5.41, 5.74) is 5.79. The van der Waals surface area contributed by atoms with E-state index in [-0.39, 0.29) is 6.71 Å². The van der Waals surface area contributed by atoms with Crippen LogP contribution < -0.4 is 25.9 Å². The highest BCUT2D eigenvalue weighted by molar-refractivity contribution is 7.25. The molecule has 34 heavy (non-hydrogen) atoms. The molecule has 2 nitrogen and oxygen atoms in total. The molecule has 1 aromatic heterocycles. The second-order valence-electron chi connectivity index (χ2n) is 8.84. The second-order valence-corrected chi connectivity index (χ2v) is 9.93. The van der Waals surface area contributed by atoms with Crippen LogP contribution in [0.1, 0.15) is 0 Å². The minimum Gasteiger partial charge on any atom is -0.458 e. The first kappa shape index (κ1) is 18.4. The number of ether oxygens (including phenoxy) is 2. The Kier molecular flexibility index (Phi) is 3.66. The molecule has 0 radical (unpaired) electrons. The van der Waals surface area contributed by atoms with Crippen molar-refractivity contribution < 1.29 is 9.47 Å². The SMILES string of the molecule is c1ccc2c(c1)Oc1ccc(-c3cccc4sc5ccccc5c34)c3c1B2c1ccccc1O3. The monoisotopic (exact) mass is 452 g/mol. The van der Waals surface area contributed by atoms with Crippen LogP contribution in [-0.2, 0) is 0 Å². The fourth-order valence-corrected chi connectivity index (χ4v) is 6.73. The van der Waals surface area contributed by atoms with Gasteiger partial charge in [0.1, 0.15) is 23.0 Å². The predicted octanol–water partition coefficient (Wildman–Crippen LogP) is 6.45. The maximum atomic E-state index is 6.69. The Morgan fingerprint density at radius 2 is 1.24 bits per heavy atom. The van der Waals surface area contributed by atoms with E-state index in [4.69, 9.17) is 9.47 Å². The molecule has 3 heterocycles. The zero-order valence-electron chi connectivity index (χ0n) is 18.1. The van der Waals surface area contributed by atoms with E-state index >= 15 is 0 Å². The van der Waals surface area contributed by atoms with E-state index in [1.165, 1.54) is 36.7 Å². The van der Waals surface area contributed by atoms with Crippen molar-refractivity contribution in [1.82, 2.24) is 0 Å². The summed E-state index contributed by atoms with van der Waals surface area (Å²) < 4.78 is 15.7. The fourth-order valence-electron chi connectivity index (χ4n) is 5.60. The summed E-state index contributed by atoms with van der Waals surface area (Å²) >= 11 is 1.84. The molecule has 0 N–H and O–H groups in total. The van der Waals surface area contributed by atoms with Crippen LogP contribution in [-0.4, -0.2) is 6.71 Å². The molecule has 0 amide bonds. The van der Waals surface area contributed by atoms with Gasteiger partial charge in [-0.3, -0.25) is 0 Å². The first-order valence-corrected chi connectivity index (χ1v) is 12.3. The highest BCUT2D eigenvalue weighted by atomic mass is 32.1. The number of rotatable bonds is 1. The van der Waals surface area contributed by atoms with Crippen molar-refractivity contribution in [3.8, 4) is 34.1 Å². The maximum Gasteiger partial charge on any atom is 0.260 e. The fraction of sp³-hybridized carbons (Fsp3) is 0. The van der Waals surface area contributed by atoms with Gasteiger partial charge in [0.25, 0.3) is 6.71 Å². The lowest BCUT2D eigenvalue weighted by molar-refractivity contribution is 0.465. The van der Waals surface area contributed by atoms with Gasteiger partial charge in [0.15, 0.2) is 0 Å². The smallest absolute Gasteiger partial charge is 0.260 e. The van der Waals surface area contributed by atoms with Gasteiger partial charge in [0, 0.05) is 31.2 Å². The van der Waals surface area contributed by atoms with Crippen molar-refractivity contribution in [2.45, 2.75) is 0 Å². The van der Waals surface area contributed by atoms with Gasteiger partial charge in [-0.25, -0.2) is 0 Å². The molecule has 0 bridgehead atoms. The molecule has 0 atom stereocenters. The molecule has 158 valence electrons. The Morgan fingerprint density at radius 1 is 0.529 bits per heavy atom. The highest BCUT2D eigenvalue weighted by Crippen LogP contribution is 2.45. The molecule has 0 fully saturated rings. The van der Waals surface area contributed by atoms with E-state index in [0.29, 0.717) is 0 Å². The van der Waals surface area contributed by atoms with Crippen molar-refractivity contribution in [1.29, 1.82) is 0 Å². The average Bonchev–Trinajstić information content (AvgIpc) is 3.28. The number of hydrogen-bond acceptors (Lipinski definition) is 3. The maximum absolute atomic E-state index is 6.69. The minimum absolute atomic E-state index is 0.0817. The molecule has 5 aromatic carbocycles. The largest absolute Gasteiger partial charge is 0.458 e. The molecule has 4 heteroatoms. The van der Waals surface area contributed by atoms with Crippen LogP contribution in [0.2, 0.25) is 0 Å². The molecular formula is C30H17BO2S. The normalized spacial score (nSPS) is 13.1. The Hall–Kier alpha value is -4.02. The molecule has 2 aliphatic heterocycles. The van der Waals surface area contributed by atoms with Crippen molar-refractivity contribution in [3.63, 3.8) is 0 Å². The molecule has 0 unspecified atom stereocenters. The number of fused-ring (bicyclic) bond motifs is 7. The summed E-state index contributed by atoms with van der Waals surface area (Å²) in [6, 6.07) is 36.3. The standard InChI is InChI=1S/C30H17BO2S/c1-6-14-26-20(8-1)28-18(9-7-15-27(28)34-26)19-16-17-25-29-30(19)33-24-13-5-3-11-22(24)31(29)21-10-2-4-12-23(21)32-25/h1-17H. The third kappa shape index (κ3) is 2.41. The summed E-state index contributed by atoms with van der Waals surface area (Å²) in [5.74, 6) is 3.61. The van der Waals surface area contributed by atoms with Crippen LogP contribution in [0.3, 0.4) is 0 Å². The van der Waals surface area contributed by atoms with Gasteiger partial charge in [0.05, 0.1) is 0 Å². The molecule has 2 aliphatic rings. The van der Waals surface area contributed by atoms with Crippen LogP contribution >= 0.6 is 11.3 Å². The predicted molar refractivity (Wildman–Crippen MR) is 142 cm³/mol. The lowest BCUT2D eigenvalue weighted by atomic mass is 9.34. The first-order valence-electron chi connectivity index (χ1n) is 11.5. The molecule has 8 rings (SSSR count). The average molecular weight is 452 g/mol. The van der Waals surface area contributed by atoms with Crippen LogP contribution in [0.5, 0.6) is 23.0 Å². The minimum atomic E-state index is 0.0817. The first-order chi connectivity index (χ1) is 16.9. The van der Waals surface area contributed by atoms with Gasteiger partial charge in [-0.05, 0) is 52.9 Å². The van der Waals surface area contributed by atoms with Gasteiger partial charge in [-0.15, -0.1) is 11.3 Å². The van der Waals surface area contributed by atoms with Crippen LogP contribution in [0, 0.1) is 0 Å². The summed E-state index contributed by atoms with van der Waals surface area (Å²) in [6.07, 6.45) is 0. The topological polar surface area (TPSA) is 18.5 Å². The van der Waals surface area contributed by atoms with Gasteiger partial charge < -0.3 is 9.47 Å². The van der Waals surface area contributed by atoms with E-state index in [2.05, 4.69) is 91.0 Å². The van der Waals surface area contributed by atoms with Crippen molar-refractivity contribution >= 4 is 54.6 Å². The molecular weight excluding hydrogens is 435 g/mol. The summed E-state index contributed by atoms with van der Waals surface area (Å²) in [4.78, 5) is 0. The zero-order chi connectivity index (χ0) is 22.2. The quantitative estimate of drug-likeness (QED) is 0.267. The number of thiophene rings is 1. The second kappa shape index (κ2) is 6.75. The number of hydrogen-bond donors (Lipinski definition) is 0. The Balaban J connectivity index is 1.46. The summed E-state index contributed by atoms with van der Waals surface area (Å²) in [6.45, 7) is 0.0817. The van der Waals surface area contributed by atoms with E-state index < -0.39 is 0 Å².